The Labute approximate surface area is 202 Å². The molecule has 0 saturated carbocycles. The van der Waals surface area contributed by atoms with Gasteiger partial charge in [-0.25, -0.2) is 9.48 Å². The van der Waals surface area contributed by atoms with E-state index >= 15 is 0 Å². The fourth-order valence-electron chi connectivity index (χ4n) is 4.31. The Hall–Kier alpha value is -3.36. The third-order valence-corrected chi connectivity index (χ3v) is 5.75. The maximum Gasteiger partial charge on any atom is 0.362 e. The third kappa shape index (κ3) is 4.31. The number of ether oxygens (including phenoxy) is 1. The topological polar surface area (TPSA) is 64.9 Å². The molecule has 0 bridgehead atoms. The molecule has 33 heavy (non-hydrogen) atoms. The zero-order chi connectivity index (χ0) is 22.1. The molecule has 2 aromatic carbocycles. The van der Waals surface area contributed by atoms with Crippen LogP contribution in [-0.2, 0) is 9.53 Å². The van der Waals surface area contributed by atoms with Crippen molar-refractivity contribution >= 4 is 17.3 Å². The van der Waals surface area contributed by atoms with E-state index in [9.17, 15) is 4.79 Å². The highest BCUT2D eigenvalue weighted by Gasteiger charge is 2.43. The molecule has 0 aliphatic carbocycles. The number of benzene rings is 2. The van der Waals surface area contributed by atoms with Crippen LogP contribution in [0.1, 0.15) is 18.8 Å². The van der Waals surface area contributed by atoms with E-state index in [1.54, 1.807) is 0 Å². The molecule has 5 rings (SSSR count). The standard InChI is InChI=1S/C25H24N4O3.BrH/c1-3-31-24(30)17-28-21-12-8-7-11-20(21)27(2)25(28)23-14-13-22(32-23)19-15-16-29(26-19)18-9-5-4-6-10-18;/h4-16,25H,3,17H2,1-2H3;1H. The fourth-order valence-corrected chi connectivity index (χ4v) is 4.31. The van der Waals surface area contributed by atoms with E-state index in [2.05, 4.69) is 16.1 Å². The number of nitrogens with one attached hydrogen (secondary N) is 1. The summed E-state index contributed by atoms with van der Waals surface area (Å²) in [5, 5.41) is 4.67. The number of hydrogen-bond donors (Lipinski definition) is 1. The number of fused-ring (bicyclic) bond motifs is 1. The van der Waals surface area contributed by atoms with Crippen LogP contribution in [0.25, 0.3) is 17.1 Å². The highest BCUT2D eigenvalue weighted by Crippen LogP contribution is 2.35. The van der Waals surface area contributed by atoms with Crippen molar-refractivity contribution in [1.29, 1.82) is 0 Å². The molecule has 1 aliphatic rings. The summed E-state index contributed by atoms with van der Waals surface area (Å²) in [5.41, 5.74) is 3.87. The highest BCUT2D eigenvalue weighted by molar-refractivity contribution is 5.73. The molecule has 0 radical (unpaired) electrons. The molecular formula is C25H25BrN4O3. The minimum atomic E-state index is -0.231. The predicted molar refractivity (Wildman–Crippen MR) is 121 cm³/mol. The lowest BCUT2D eigenvalue weighted by Gasteiger charge is -2.23. The van der Waals surface area contributed by atoms with Crippen molar-refractivity contribution in [3.63, 3.8) is 0 Å². The third-order valence-electron chi connectivity index (χ3n) is 5.75. The number of quaternary nitrogens is 1. The second-order valence-corrected chi connectivity index (χ2v) is 7.72. The smallest absolute Gasteiger partial charge is 0.362 e. The van der Waals surface area contributed by atoms with Gasteiger partial charge < -0.3 is 31.0 Å². The van der Waals surface area contributed by atoms with E-state index in [-0.39, 0.29) is 35.7 Å². The van der Waals surface area contributed by atoms with E-state index < -0.39 is 0 Å². The number of furan rings is 1. The average Bonchev–Trinajstić information content (AvgIpc) is 3.54. The Bertz CT molecular complexity index is 1240. The molecule has 170 valence electrons. The molecule has 3 heterocycles. The SMILES string of the molecule is CCOC(=O)C[NH+]1c2ccccc2N(C)C1c1ccc(-c2ccn(-c3ccccc3)n2)o1.[Br-]. The van der Waals surface area contributed by atoms with E-state index in [1.807, 2.05) is 91.6 Å². The fraction of sp³-hybridized carbons (Fsp3) is 0.200. The van der Waals surface area contributed by atoms with Crippen molar-refractivity contribution in [3.05, 3.63) is 84.8 Å². The summed E-state index contributed by atoms with van der Waals surface area (Å²) < 4.78 is 13.3. The molecule has 2 atom stereocenters. The Morgan fingerprint density at radius 1 is 1.06 bits per heavy atom. The van der Waals surface area contributed by atoms with Gasteiger partial charge in [-0.1, -0.05) is 30.3 Å². The van der Waals surface area contributed by atoms with Crippen LogP contribution in [0.4, 0.5) is 11.4 Å². The molecule has 8 heteroatoms. The van der Waals surface area contributed by atoms with Gasteiger partial charge >= 0.3 is 5.97 Å². The molecule has 4 aromatic rings. The molecule has 7 nitrogen and oxygen atoms in total. The van der Waals surface area contributed by atoms with Gasteiger partial charge in [-0.05, 0) is 43.3 Å². The summed E-state index contributed by atoms with van der Waals surface area (Å²) in [5.74, 6) is 1.23. The zero-order valence-electron chi connectivity index (χ0n) is 18.4. The van der Waals surface area contributed by atoms with E-state index in [0.717, 1.165) is 33.4 Å². The van der Waals surface area contributed by atoms with Crippen molar-refractivity contribution in [1.82, 2.24) is 9.78 Å². The Morgan fingerprint density at radius 3 is 2.61 bits per heavy atom. The number of carbonyl (C=O) groups is 1. The first-order valence-electron chi connectivity index (χ1n) is 10.7. The minimum Gasteiger partial charge on any atom is -1.00 e. The molecule has 2 aromatic heterocycles. The van der Waals surface area contributed by atoms with Crippen LogP contribution in [0.2, 0.25) is 0 Å². The Balaban J connectivity index is 0.00000259. The van der Waals surface area contributed by atoms with Crippen LogP contribution >= 0.6 is 0 Å². The van der Waals surface area contributed by atoms with Crippen molar-refractivity contribution in [2.45, 2.75) is 13.1 Å². The Kier molecular flexibility index (Phi) is 6.67. The Morgan fingerprint density at radius 2 is 1.82 bits per heavy atom. The highest BCUT2D eigenvalue weighted by atomic mass is 79.9. The molecule has 0 amide bonds. The quantitative estimate of drug-likeness (QED) is 0.381. The summed E-state index contributed by atoms with van der Waals surface area (Å²) in [6.45, 7) is 2.41. The number of esters is 1. The summed E-state index contributed by atoms with van der Waals surface area (Å²) >= 11 is 0. The molecule has 0 spiro atoms. The van der Waals surface area contributed by atoms with Crippen LogP contribution in [0.5, 0.6) is 0 Å². The molecule has 1 aliphatic heterocycles. The second kappa shape index (κ2) is 9.64. The van der Waals surface area contributed by atoms with Crippen molar-refractivity contribution in [3.8, 4) is 17.1 Å². The van der Waals surface area contributed by atoms with E-state index in [4.69, 9.17) is 9.15 Å². The minimum absolute atomic E-state index is 0. The number of aromatic nitrogens is 2. The van der Waals surface area contributed by atoms with Crippen molar-refractivity contribution in [2.24, 2.45) is 0 Å². The summed E-state index contributed by atoms with van der Waals surface area (Å²) in [6.07, 6.45) is 1.74. The van der Waals surface area contributed by atoms with Gasteiger partial charge in [-0.15, -0.1) is 0 Å². The van der Waals surface area contributed by atoms with Gasteiger partial charge in [0.15, 0.2) is 23.8 Å². The maximum atomic E-state index is 12.4. The number of halogens is 1. The lowest BCUT2D eigenvalue weighted by molar-refractivity contribution is -0.853. The monoisotopic (exact) mass is 508 g/mol. The number of carbonyl (C=O) groups excluding carboxylic acids is 1. The van der Waals surface area contributed by atoms with Gasteiger partial charge in [0, 0.05) is 19.3 Å². The number of rotatable bonds is 6. The van der Waals surface area contributed by atoms with Crippen LogP contribution < -0.4 is 26.8 Å². The molecular weight excluding hydrogens is 484 g/mol. The first-order chi connectivity index (χ1) is 15.7. The number of anilines is 1. The van der Waals surface area contributed by atoms with Crippen LogP contribution in [-0.4, -0.2) is 35.9 Å². The van der Waals surface area contributed by atoms with Gasteiger partial charge in [-0.2, -0.15) is 5.10 Å². The van der Waals surface area contributed by atoms with Gasteiger partial charge in [0.05, 0.1) is 12.3 Å². The van der Waals surface area contributed by atoms with Crippen LogP contribution in [0.3, 0.4) is 0 Å². The summed E-state index contributed by atoms with van der Waals surface area (Å²) in [7, 11) is 2.02. The van der Waals surface area contributed by atoms with Crippen LogP contribution in [0.15, 0.2) is 83.4 Å². The van der Waals surface area contributed by atoms with E-state index in [1.165, 1.54) is 0 Å². The first-order valence-corrected chi connectivity index (χ1v) is 10.7. The first kappa shape index (κ1) is 22.8. The van der Waals surface area contributed by atoms with Crippen molar-refractivity contribution < 1.29 is 35.8 Å². The molecule has 0 fully saturated rings. The van der Waals surface area contributed by atoms with Gasteiger partial charge in [-0.3, -0.25) is 4.90 Å². The number of hydrogen-bond acceptors (Lipinski definition) is 5. The lowest BCUT2D eigenvalue weighted by atomic mass is 10.2. The number of para-hydroxylation sites is 3. The normalized spacial score (nSPS) is 16.8. The predicted octanol–water partition coefficient (Wildman–Crippen LogP) is 0.364. The molecule has 1 N–H and O–H groups in total. The van der Waals surface area contributed by atoms with E-state index in [0.29, 0.717) is 12.4 Å². The van der Waals surface area contributed by atoms with Gasteiger partial charge in [0.2, 0.25) is 6.17 Å². The maximum absolute atomic E-state index is 12.4. The van der Waals surface area contributed by atoms with Gasteiger partial charge in [0.25, 0.3) is 0 Å². The van der Waals surface area contributed by atoms with Gasteiger partial charge in [0.1, 0.15) is 11.4 Å². The summed E-state index contributed by atoms with van der Waals surface area (Å²) in [4.78, 5) is 15.5. The zero-order valence-corrected chi connectivity index (χ0v) is 20.0. The largest absolute Gasteiger partial charge is 1.00 e. The molecule has 0 saturated heterocycles. The summed E-state index contributed by atoms with van der Waals surface area (Å²) in [6, 6.07) is 23.9. The van der Waals surface area contributed by atoms with Crippen LogP contribution in [0, 0.1) is 0 Å². The molecule has 2 unspecified atom stereocenters. The lowest BCUT2D eigenvalue weighted by Crippen LogP contribution is -3.08. The van der Waals surface area contributed by atoms with Crippen molar-refractivity contribution in [2.75, 3.05) is 25.1 Å². The number of nitrogens with zero attached hydrogens (tertiary/aromatic N) is 3. The second-order valence-electron chi connectivity index (χ2n) is 7.72. The average molecular weight is 509 g/mol.